The lowest BCUT2D eigenvalue weighted by Gasteiger charge is -2.15. The van der Waals surface area contributed by atoms with Crippen LogP contribution in [0.1, 0.15) is 10.4 Å². The van der Waals surface area contributed by atoms with E-state index >= 15 is 0 Å². The van der Waals surface area contributed by atoms with E-state index in [0.29, 0.717) is 22.1 Å². The maximum atomic E-state index is 11.3. The molecule has 0 saturated carbocycles. The molecule has 0 radical (unpaired) electrons. The Hall–Kier alpha value is -2.85. The summed E-state index contributed by atoms with van der Waals surface area (Å²) < 4.78 is 0. The van der Waals surface area contributed by atoms with Crippen LogP contribution in [0.4, 0.5) is 17.2 Å². The summed E-state index contributed by atoms with van der Waals surface area (Å²) in [5.41, 5.74) is 9.26. The van der Waals surface area contributed by atoms with Gasteiger partial charge in [0.2, 0.25) is 0 Å². The van der Waals surface area contributed by atoms with Gasteiger partial charge in [-0.05, 0) is 29.8 Å². The van der Waals surface area contributed by atoms with Gasteiger partial charge in [0, 0.05) is 23.0 Å². The van der Waals surface area contributed by atoms with Crippen LogP contribution in [-0.2, 0) is 0 Å². The van der Waals surface area contributed by atoms with Crippen molar-refractivity contribution in [3.63, 3.8) is 0 Å². The molecule has 5 heteroatoms. The molecule has 0 aliphatic heterocycles. The molecule has 0 saturated heterocycles. The highest BCUT2D eigenvalue weighted by atomic mass is 35.5. The van der Waals surface area contributed by atoms with Crippen LogP contribution in [0.3, 0.4) is 0 Å². The van der Waals surface area contributed by atoms with Crippen LogP contribution in [-0.4, -0.2) is 11.3 Å². The highest BCUT2D eigenvalue weighted by Crippen LogP contribution is 2.38. The number of hydrogen-bond acceptors (Lipinski definition) is 4. The molecule has 0 aliphatic rings. The lowest BCUT2D eigenvalue weighted by Crippen LogP contribution is -2.01. The molecule has 1 aromatic heterocycles. The van der Waals surface area contributed by atoms with Gasteiger partial charge in [0.05, 0.1) is 10.7 Å². The number of nitrogens with one attached hydrogen (secondary N) is 1. The third-order valence-corrected chi connectivity index (χ3v) is 3.78. The van der Waals surface area contributed by atoms with Gasteiger partial charge < -0.3 is 11.1 Å². The second-order valence-corrected chi connectivity index (χ2v) is 5.34. The Morgan fingerprint density at radius 1 is 1.04 bits per heavy atom. The largest absolute Gasteiger partial charge is 0.396 e. The Bertz CT molecular complexity index is 864. The summed E-state index contributed by atoms with van der Waals surface area (Å²) in [5.74, 6) is 0.541. The van der Waals surface area contributed by atoms with Gasteiger partial charge in [-0.1, -0.05) is 41.9 Å². The first kappa shape index (κ1) is 15.1. The zero-order valence-corrected chi connectivity index (χ0v) is 12.9. The van der Waals surface area contributed by atoms with Gasteiger partial charge in [-0.2, -0.15) is 0 Å². The third-order valence-electron chi connectivity index (χ3n) is 3.46. The van der Waals surface area contributed by atoms with Gasteiger partial charge in [-0.3, -0.25) is 4.79 Å². The number of aromatic nitrogens is 1. The molecule has 0 fully saturated rings. The van der Waals surface area contributed by atoms with Gasteiger partial charge >= 0.3 is 0 Å². The topological polar surface area (TPSA) is 68.0 Å². The number of anilines is 3. The van der Waals surface area contributed by atoms with E-state index in [0.717, 1.165) is 23.1 Å². The number of carbonyl (C=O) groups excluding carboxylic acids is 1. The zero-order chi connectivity index (χ0) is 16.2. The number of carbonyl (C=O) groups is 1. The predicted molar refractivity (Wildman–Crippen MR) is 94.2 cm³/mol. The standard InChI is InChI=1S/C18H14ClN3O/c19-14-7-3-9-16(22-18-15(20)8-4-10-21-18)17(14)13-6-2-1-5-12(13)11-23/h1-11H,20H2,(H,21,22). The quantitative estimate of drug-likeness (QED) is 0.692. The summed E-state index contributed by atoms with van der Waals surface area (Å²) in [7, 11) is 0. The fourth-order valence-electron chi connectivity index (χ4n) is 2.38. The third kappa shape index (κ3) is 3.03. The van der Waals surface area contributed by atoms with Crippen LogP contribution in [0.15, 0.2) is 60.8 Å². The molecule has 0 aliphatic carbocycles. The molecule has 2 aromatic carbocycles. The summed E-state index contributed by atoms with van der Waals surface area (Å²) in [6.45, 7) is 0. The van der Waals surface area contributed by atoms with E-state index in [1.54, 1.807) is 30.5 Å². The van der Waals surface area contributed by atoms with Crippen molar-refractivity contribution < 1.29 is 4.79 Å². The lowest BCUT2D eigenvalue weighted by molar-refractivity contribution is 0.112. The van der Waals surface area contributed by atoms with Gasteiger partial charge in [-0.25, -0.2) is 4.98 Å². The molecule has 3 N–H and O–H groups in total. The molecule has 0 amide bonds. The molecular weight excluding hydrogens is 310 g/mol. The van der Waals surface area contributed by atoms with E-state index in [-0.39, 0.29) is 0 Å². The maximum absolute atomic E-state index is 11.3. The summed E-state index contributed by atoms with van der Waals surface area (Å²) in [6, 6.07) is 16.3. The van der Waals surface area contributed by atoms with Crippen LogP contribution in [0, 0.1) is 0 Å². The van der Waals surface area contributed by atoms with Crippen molar-refractivity contribution in [1.29, 1.82) is 0 Å². The minimum absolute atomic E-state index is 0.530. The highest BCUT2D eigenvalue weighted by molar-refractivity contribution is 6.34. The van der Waals surface area contributed by atoms with Crippen LogP contribution >= 0.6 is 11.6 Å². The van der Waals surface area contributed by atoms with Gasteiger partial charge in [0.1, 0.15) is 0 Å². The Balaban J connectivity index is 2.15. The van der Waals surface area contributed by atoms with Crippen molar-refractivity contribution in [2.24, 2.45) is 0 Å². The molecular formula is C18H14ClN3O. The number of halogens is 1. The zero-order valence-electron chi connectivity index (χ0n) is 12.2. The number of nitrogens with two attached hydrogens (primary N) is 1. The highest BCUT2D eigenvalue weighted by Gasteiger charge is 2.14. The molecule has 23 heavy (non-hydrogen) atoms. The number of benzene rings is 2. The number of pyridine rings is 1. The average molecular weight is 324 g/mol. The fraction of sp³-hybridized carbons (Fsp3) is 0. The second-order valence-electron chi connectivity index (χ2n) is 4.93. The van der Waals surface area contributed by atoms with E-state index in [4.69, 9.17) is 17.3 Å². The minimum atomic E-state index is 0.530. The molecule has 0 unspecified atom stereocenters. The molecule has 4 nitrogen and oxygen atoms in total. The molecule has 0 spiro atoms. The van der Waals surface area contributed by atoms with Crippen molar-refractivity contribution in [1.82, 2.24) is 4.98 Å². The van der Waals surface area contributed by atoms with Crippen LogP contribution in [0.2, 0.25) is 5.02 Å². The average Bonchev–Trinajstić information content (AvgIpc) is 2.57. The summed E-state index contributed by atoms with van der Waals surface area (Å²) in [5, 5.41) is 3.74. The fourth-order valence-corrected chi connectivity index (χ4v) is 2.66. The Morgan fingerprint density at radius 2 is 1.87 bits per heavy atom. The Morgan fingerprint density at radius 3 is 2.65 bits per heavy atom. The van der Waals surface area contributed by atoms with Crippen LogP contribution < -0.4 is 11.1 Å². The SMILES string of the molecule is Nc1cccnc1Nc1cccc(Cl)c1-c1ccccc1C=O. The summed E-state index contributed by atoms with van der Waals surface area (Å²) in [4.78, 5) is 15.6. The first-order valence-electron chi connectivity index (χ1n) is 7.01. The van der Waals surface area contributed by atoms with Crippen LogP contribution in [0.25, 0.3) is 11.1 Å². The normalized spacial score (nSPS) is 10.3. The van der Waals surface area contributed by atoms with Crippen molar-refractivity contribution >= 4 is 35.1 Å². The van der Waals surface area contributed by atoms with Gasteiger partial charge in [0.15, 0.2) is 12.1 Å². The summed E-state index contributed by atoms with van der Waals surface area (Å²) >= 11 is 6.39. The number of hydrogen-bond donors (Lipinski definition) is 2. The predicted octanol–water partition coefficient (Wildman–Crippen LogP) is 4.54. The number of rotatable bonds is 4. The maximum Gasteiger partial charge on any atom is 0.153 e. The molecule has 0 bridgehead atoms. The van der Waals surface area contributed by atoms with Crippen molar-refractivity contribution in [3.05, 3.63) is 71.4 Å². The molecule has 3 aromatic rings. The molecule has 114 valence electrons. The van der Waals surface area contributed by atoms with Crippen molar-refractivity contribution in [2.45, 2.75) is 0 Å². The van der Waals surface area contributed by atoms with Crippen LogP contribution in [0.5, 0.6) is 0 Å². The van der Waals surface area contributed by atoms with E-state index in [2.05, 4.69) is 10.3 Å². The monoisotopic (exact) mass is 323 g/mol. The minimum Gasteiger partial charge on any atom is -0.396 e. The van der Waals surface area contributed by atoms with Gasteiger partial charge in [-0.15, -0.1) is 0 Å². The van der Waals surface area contributed by atoms with E-state index in [1.807, 2.05) is 30.3 Å². The Labute approximate surface area is 138 Å². The van der Waals surface area contributed by atoms with E-state index in [1.165, 1.54) is 0 Å². The summed E-state index contributed by atoms with van der Waals surface area (Å²) in [6.07, 6.45) is 2.47. The van der Waals surface area contributed by atoms with Crippen molar-refractivity contribution in [3.8, 4) is 11.1 Å². The first-order valence-corrected chi connectivity index (χ1v) is 7.39. The van der Waals surface area contributed by atoms with E-state index in [9.17, 15) is 4.79 Å². The smallest absolute Gasteiger partial charge is 0.153 e. The molecule has 3 rings (SSSR count). The molecule has 1 heterocycles. The lowest BCUT2D eigenvalue weighted by atomic mass is 9.98. The van der Waals surface area contributed by atoms with Gasteiger partial charge in [0.25, 0.3) is 0 Å². The molecule has 0 atom stereocenters. The first-order chi connectivity index (χ1) is 11.2. The number of nitrogens with zero attached hydrogens (tertiary/aromatic N) is 1. The Kier molecular flexibility index (Phi) is 4.26. The van der Waals surface area contributed by atoms with Crippen molar-refractivity contribution in [2.75, 3.05) is 11.1 Å². The van der Waals surface area contributed by atoms with E-state index < -0.39 is 0 Å². The number of aldehydes is 1. The number of nitrogen functional groups attached to an aromatic ring is 1. The second kappa shape index (κ2) is 6.50.